The van der Waals surface area contributed by atoms with Crippen molar-refractivity contribution < 1.29 is 4.79 Å². The Morgan fingerprint density at radius 1 is 1.26 bits per heavy atom. The molecule has 0 amide bonds. The van der Waals surface area contributed by atoms with Crippen LogP contribution in [0.15, 0.2) is 42.7 Å². The lowest BCUT2D eigenvalue weighted by atomic mass is 10.0. The first-order valence-electron chi connectivity index (χ1n) is 6.05. The van der Waals surface area contributed by atoms with Crippen molar-refractivity contribution >= 4 is 16.7 Å². The van der Waals surface area contributed by atoms with Crippen molar-refractivity contribution in [3.63, 3.8) is 0 Å². The number of fused-ring (bicyclic) bond motifs is 1. The molecular weight excluding hydrogens is 238 g/mol. The Labute approximate surface area is 110 Å². The van der Waals surface area contributed by atoms with Gasteiger partial charge in [0.15, 0.2) is 5.78 Å². The summed E-state index contributed by atoms with van der Waals surface area (Å²) in [5, 5.41) is 5.13. The third kappa shape index (κ3) is 1.91. The average Bonchev–Trinajstić information content (AvgIpc) is 2.78. The van der Waals surface area contributed by atoms with E-state index in [2.05, 4.69) is 10.1 Å². The van der Waals surface area contributed by atoms with Crippen molar-refractivity contribution in [3.8, 4) is 0 Å². The normalized spacial score (nSPS) is 10.8. The number of rotatable bonds is 2. The molecule has 94 valence electrons. The molecule has 2 heterocycles. The van der Waals surface area contributed by atoms with Gasteiger partial charge in [-0.1, -0.05) is 18.2 Å². The first-order chi connectivity index (χ1) is 9.16. The van der Waals surface area contributed by atoms with Gasteiger partial charge in [0.05, 0.1) is 17.3 Å². The second-order valence-corrected chi connectivity index (χ2v) is 4.51. The molecule has 0 aliphatic heterocycles. The maximum Gasteiger partial charge on any atom is 0.196 e. The third-order valence-corrected chi connectivity index (χ3v) is 3.35. The van der Waals surface area contributed by atoms with Crippen LogP contribution in [0.2, 0.25) is 0 Å². The van der Waals surface area contributed by atoms with E-state index in [9.17, 15) is 4.79 Å². The van der Waals surface area contributed by atoms with Gasteiger partial charge < -0.3 is 0 Å². The number of pyridine rings is 1. The number of aryl methyl sites for hydroxylation is 1. The van der Waals surface area contributed by atoms with Crippen molar-refractivity contribution in [1.29, 1.82) is 0 Å². The van der Waals surface area contributed by atoms with Gasteiger partial charge in [0.2, 0.25) is 0 Å². The van der Waals surface area contributed by atoms with E-state index in [-0.39, 0.29) is 5.78 Å². The molecule has 0 radical (unpaired) electrons. The molecule has 2 aromatic heterocycles. The molecule has 3 aromatic rings. The van der Waals surface area contributed by atoms with E-state index in [4.69, 9.17) is 0 Å². The van der Waals surface area contributed by atoms with Crippen molar-refractivity contribution in [1.82, 2.24) is 14.8 Å². The Bertz CT molecular complexity index is 774. The van der Waals surface area contributed by atoms with E-state index >= 15 is 0 Å². The van der Waals surface area contributed by atoms with E-state index in [1.807, 2.05) is 44.3 Å². The molecule has 0 fully saturated rings. The maximum absolute atomic E-state index is 12.4. The van der Waals surface area contributed by atoms with Crippen LogP contribution in [0.3, 0.4) is 0 Å². The van der Waals surface area contributed by atoms with Gasteiger partial charge in [0.1, 0.15) is 0 Å². The number of ketones is 1. The zero-order chi connectivity index (χ0) is 13.4. The van der Waals surface area contributed by atoms with Gasteiger partial charge in [0.25, 0.3) is 0 Å². The highest BCUT2D eigenvalue weighted by molar-refractivity contribution is 6.10. The van der Waals surface area contributed by atoms with Crippen LogP contribution in [0.5, 0.6) is 0 Å². The minimum Gasteiger partial charge on any atom is -0.288 e. The number of hydrogen-bond acceptors (Lipinski definition) is 3. The lowest BCUT2D eigenvalue weighted by Gasteiger charge is -2.02. The lowest BCUT2D eigenvalue weighted by Crippen LogP contribution is -2.03. The number of hydrogen-bond donors (Lipinski definition) is 0. The standard InChI is InChI=1S/C15H13N3O/c1-10-13(9-17-18(10)2)15(19)12-6-5-11-4-3-7-16-14(11)8-12/h3-9H,1-2H3. The van der Waals surface area contributed by atoms with Crippen molar-refractivity contribution in [2.45, 2.75) is 6.92 Å². The molecule has 0 bridgehead atoms. The molecule has 0 unspecified atom stereocenters. The summed E-state index contributed by atoms with van der Waals surface area (Å²) >= 11 is 0. The van der Waals surface area contributed by atoms with Crippen LogP contribution >= 0.6 is 0 Å². The van der Waals surface area contributed by atoms with E-state index in [0.717, 1.165) is 16.6 Å². The largest absolute Gasteiger partial charge is 0.288 e. The van der Waals surface area contributed by atoms with Gasteiger partial charge >= 0.3 is 0 Å². The highest BCUT2D eigenvalue weighted by Crippen LogP contribution is 2.17. The summed E-state index contributed by atoms with van der Waals surface area (Å²) in [6, 6.07) is 9.44. The zero-order valence-electron chi connectivity index (χ0n) is 10.8. The van der Waals surface area contributed by atoms with Crippen LogP contribution in [0.4, 0.5) is 0 Å². The first-order valence-corrected chi connectivity index (χ1v) is 6.05. The Morgan fingerprint density at radius 3 is 2.84 bits per heavy atom. The summed E-state index contributed by atoms with van der Waals surface area (Å²) in [7, 11) is 1.83. The smallest absolute Gasteiger partial charge is 0.196 e. The molecule has 0 saturated heterocycles. The Kier molecular flexibility index (Phi) is 2.63. The first kappa shape index (κ1) is 11.6. The molecule has 0 N–H and O–H groups in total. The van der Waals surface area contributed by atoms with Crippen molar-refractivity contribution in [3.05, 3.63) is 59.5 Å². The molecule has 4 nitrogen and oxygen atoms in total. The minimum absolute atomic E-state index is 0.0156. The number of nitrogens with zero attached hydrogens (tertiary/aromatic N) is 3. The Balaban J connectivity index is 2.09. The number of carbonyl (C=O) groups is 1. The molecule has 1 aromatic carbocycles. The van der Waals surface area contributed by atoms with Gasteiger partial charge in [-0.05, 0) is 19.1 Å². The monoisotopic (exact) mass is 251 g/mol. The van der Waals surface area contributed by atoms with Crippen LogP contribution in [0.25, 0.3) is 10.9 Å². The van der Waals surface area contributed by atoms with Gasteiger partial charge in [-0.3, -0.25) is 14.5 Å². The van der Waals surface area contributed by atoms with Crippen LogP contribution < -0.4 is 0 Å². The third-order valence-electron chi connectivity index (χ3n) is 3.35. The highest BCUT2D eigenvalue weighted by Gasteiger charge is 2.15. The zero-order valence-corrected chi connectivity index (χ0v) is 10.8. The Hall–Kier alpha value is -2.49. The molecule has 0 spiro atoms. The predicted octanol–water partition coefficient (Wildman–Crippen LogP) is 2.51. The quantitative estimate of drug-likeness (QED) is 0.657. The molecule has 4 heteroatoms. The summed E-state index contributed by atoms with van der Waals surface area (Å²) < 4.78 is 1.70. The van der Waals surface area contributed by atoms with Crippen molar-refractivity contribution in [2.24, 2.45) is 7.05 Å². The second-order valence-electron chi connectivity index (χ2n) is 4.51. The fraction of sp³-hybridized carbons (Fsp3) is 0.133. The van der Waals surface area contributed by atoms with Gasteiger partial charge in [-0.2, -0.15) is 5.10 Å². The number of benzene rings is 1. The molecule has 0 aliphatic carbocycles. The fourth-order valence-corrected chi connectivity index (χ4v) is 2.08. The molecule has 0 aliphatic rings. The van der Waals surface area contributed by atoms with E-state index in [1.165, 1.54) is 0 Å². The molecule has 3 rings (SSSR count). The van der Waals surface area contributed by atoms with Crippen LogP contribution in [0.1, 0.15) is 21.6 Å². The van der Waals surface area contributed by atoms with E-state index in [1.54, 1.807) is 17.1 Å². The van der Waals surface area contributed by atoms with Gasteiger partial charge in [0, 0.05) is 29.9 Å². The second kappa shape index (κ2) is 4.31. The Morgan fingerprint density at radius 2 is 2.11 bits per heavy atom. The summed E-state index contributed by atoms with van der Waals surface area (Å²) in [6.45, 7) is 1.89. The van der Waals surface area contributed by atoms with Crippen molar-refractivity contribution in [2.75, 3.05) is 0 Å². The molecular formula is C15H13N3O. The molecule has 0 saturated carbocycles. The molecule has 0 atom stereocenters. The van der Waals surface area contributed by atoms with Gasteiger partial charge in [-0.25, -0.2) is 0 Å². The van der Waals surface area contributed by atoms with Gasteiger partial charge in [-0.15, -0.1) is 0 Å². The summed E-state index contributed by atoms with van der Waals surface area (Å²) in [6.07, 6.45) is 3.34. The number of carbonyl (C=O) groups excluding carboxylic acids is 1. The van der Waals surface area contributed by atoms with Crippen LogP contribution in [-0.4, -0.2) is 20.5 Å². The summed E-state index contributed by atoms with van der Waals surface area (Å²) in [4.78, 5) is 16.7. The lowest BCUT2D eigenvalue weighted by molar-refractivity contribution is 0.103. The molecule has 19 heavy (non-hydrogen) atoms. The maximum atomic E-state index is 12.4. The summed E-state index contributed by atoms with van der Waals surface area (Å²) in [5.74, 6) is -0.0156. The minimum atomic E-state index is -0.0156. The van der Waals surface area contributed by atoms with E-state index < -0.39 is 0 Å². The SMILES string of the molecule is Cc1c(C(=O)c2ccc3cccnc3c2)cnn1C. The topological polar surface area (TPSA) is 47.8 Å². The average molecular weight is 251 g/mol. The van der Waals surface area contributed by atoms with Crippen LogP contribution in [-0.2, 0) is 7.05 Å². The predicted molar refractivity (Wildman–Crippen MR) is 73.1 cm³/mol. The highest BCUT2D eigenvalue weighted by atomic mass is 16.1. The fourth-order valence-electron chi connectivity index (χ4n) is 2.08. The summed E-state index contributed by atoms with van der Waals surface area (Å²) in [5.41, 5.74) is 2.97. The van der Waals surface area contributed by atoms with Crippen LogP contribution in [0, 0.1) is 6.92 Å². The van der Waals surface area contributed by atoms with E-state index in [0.29, 0.717) is 11.1 Å². The number of aromatic nitrogens is 3.